The molecular formula is C11H14BO. The quantitative estimate of drug-likeness (QED) is 0.534. The Balaban J connectivity index is 2.17. The van der Waals surface area contributed by atoms with E-state index in [1.54, 1.807) is 5.98 Å². The molecule has 0 aliphatic rings. The van der Waals surface area contributed by atoms with Crippen LogP contribution in [-0.4, -0.2) is 12.5 Å². The van der Waals surface area contributed by atoms with E-state index >= 15 is 0 Å². The highest BCUT2D eigenvalue weighted by Gasteiger charge is 1.89. The molecule has 1 N–H and O–H groups in total. The van der Waals surface area contributed by atoms with Crippen molar-refractivity contribution in [3.8, 4) is 0 Å². The van der Waals surface area contributed by atoms with Gasteiger partial charge in [-0.05, 0) is 24.8 Å². The lowest BCUT2D eigenvalue weighted by atomic mass is 10.0. The number of aryl methyl sites for hydroxylation is 1. The van der Waals surface area contributed by atoms with Gasteiger partial charge in [0, 0.05) is 0 Å². The van der Waals surface area contributed by atoms with Crippen molar-refractivity contribution in [1.82, 2.24) is 0 Å². The fraction of sp³-hybridized carbons (Fsp3) is 0.273. The van der Waals surface area contributed by atoms with Crippen LogP contribution in [0.2, 0.25) is 0 Å². The first kappa shape index (κ1) is 10.1. The number of hydrogen-bond donors (Lipinski definition) is 1. The molecule has 0 amide bonds. The molecule has 0 spiro atoms. The molecule has 0 heterocycles. The van der Waals surface area contributed by atoms with Crippen molar-refractivity contribution in [2.24, 2.45) is 0 Å². The van der Waals surface area contributed by atoms with E-state index in [1.807, 2.05) is 12.1 Å². The van der Waals surface area contributed by atoms with Crippen LogP contribution >= 0.6 is 0 Å². The first-order valence-corrected chi connectivity index (χ1v) is 4.60. The molecule has 0 unspecified atom stereocenters. The predicted octanol–water partition coefficient (Wildman–Crippen LogP) is 2.13. The topological polar surface area (TPSA) is 20.2 Å². The summed E-state index contributed by atoms with van der Waals surface area (Å²) < 4.78 is 0. The Kier molecular flexibility index (Phi) is 5.03. The highest BCUT2D eigenvalue weighted by atomic mass is 16.2. The van der Waals surface area contributed by atoms with Crippen LogP contribution in [0.4, 0.5) is 0 Å². The minimum Gasteiger partial charge on any atom is -0.450 e. The Morgan fingerprint density at radius 2 is 2.00 bits per heavy atom. The zero-order chi connectivity index (χ0) is 9.36. The lowest BCUT2D eigenvalue weighted by Crippen LogP contribution is -1.84. The third-order valence-corrected chi connectivity index (χ3v) is 1.90. The molecule has 1 nitrogen and oxygen atoms in total. The average molecular weight is 173 g/mol. The van der Waals surface area contributed by atoms with Gasteiger partial charge in [-0.15, -0.1) is 0 Å². The summed E-state index contributed by atoms with van der Waals surface area (Å²) in [5, 5.41) is 8.37. The van der Waals surface area contributed by atoms with Crippen LogP contribution in [0, 0.1) is 0 Å². The third kappa shape index (κ3) is 4.53. The molecule has 0 aliphatic heterocycles. The van der Waals surface area contributed by atoms with Crippen LogP contribution in [0.1, 0.15) is 18.4 Å². The summed E-state index contributed by atoms with van der Waals surface area (Å²) in [7, 11) is 1.07. The summed E-state index contributed by atoms with van der Waals surface area (Å²) in [6.07, 6.45) is 5.24. The van der Waals surface area contributed by atoms with Crippen LogP contribution in [0.3, 0.4) is 0 Å². The van der Waals surface area contributed by atoms with Crippen molar-refractivity contribution < 1.29 is 5.02 Å². The molecule has 0 atom stereocenters. The van der Waals surface area contributed by atoms with Crippen LogP contribution in [0.5, 0.6) is 0 Å². The summed E-state index contributed by atoms with van der Waals surface area (Å²) in [5.74, 6) is 1.67. The first-order chi connectivity index (χ1) is 6.43. The lowest BCUT2D eigenvalue weighted by Gasteiger charge is -1.97. The second-order valence-corrected chi connectivity index (χ2v) is 2.96. The number of rotatable bonds is 5. The third-order valence-electron chi connectivity index (χ3n) is 1.90. The molecule has 1 aromatic carbocycles. The minimum atomic E-state index is 1.02. The zero-order valence-electron chi connectivity index (χ0n) is 7.69. The van der Waals surface area contributed by atoms with Gasteiger partial charge < -0.3 is 5.02 Å². The first-order valence-electron chi connectivity index (χ1n) is 4.60. The molecule has 2 heteroatoms. The van der Waals surface area contributed by atoms with Crippen molar-refractivity contribution in [2.45, 2.75) is 19.3 Å². The summed E-state index contributed by atoms with van der Waals surface area (Å²) in [6.45, 7) is 0. The molecule has 1 rings (SSSR count). The van der Waals surface area contributed by atoms with E-state index in [0.29, 0.717) is 0 Å². The number of unbranched alkanes of at least 4 members (excludes halogenated alkanes) is 1. The van der Waals surface area contributed by atoms with E-state index in [9.17, 15) is 0 Å². The average Bonchev–Trinajstić information content (AvgIpc) is 2.19. The number of hydrogen-bond acceptors (Lipinski definition) is 1. The van der Waals surface area contributed by atoms with Crippen molar-refractivity contribution in [3.05, 3.63) is 47.9 Å². The molecule has 0 aliphatic carbocycles. The van der Waals surface area contributed by atoms with Gasteiger partial charge in [0.1, 0.15) is 0 Å². The van der Waals surface area contributed by atoms with E-state index in [1.165, 1.54) is 5.56 Å². The van der Waals surface area contributed by atoms with Gasteiger partial charge >= 0.3 is 7.48 Å². The zero-order valence-corrected chi connectivity index (χ0v) is 7.69. The molecule has 0 saturated heterocycles. The van der Waals surface area contributed by atoms with E-state index in [4.69, 9.17) is 5.02 Å². The second-order valence-electron chi connectivity index (χ2n) is 2.96. The van der Waals surface area contributed by atoms with Crippen molar-refractivity contribution in [2.75, 3.05) is 0 Å². The van der Waals surface area contributed by atoms with Crippen LogP contribution in [0.25, 0.3) is 0 Å². The predicted molar refractivity (Wildman–Crippen MR) is 56.5 cm³/mol. The number of benzene rings is 1. The van der Waals surface area contributed by atoms with Gasteiger partial charge in [-0.1, -0.05) is 42.4 Å². The fourth-order valence-corrected chi connectivity index (χ4v) is 1.23. The van der Waals surface area contributed by atoms with Crippen molar-refractivity contribution in [3.63, 3.8) is 0 Å². The lowest BCUT2D eigenvalue weighted by molar-refractivity contribution is 0.614. The van der Waals surface area contributed by atoms with E-state index in [0.717, 1.165) is 26.7 Å². The Bertz CT molecular complexity index is 244. The Hall–Kier alpha value is -1.02. The normalized spacial score (nSPS) is 10.5. The highest BCUT2D eigenvalue weighted by Crippen LogP contribution is 2.04. The van der Waals surface area contributed by atoms with Gasteiger partial charge in [0.05, 0.1) is 0 Å². The van der Waals surface area contributed by atoms with Gasteiger partial charge in [0.25, 0.3) is 0 Å². The van der Waals surface area contributed by atoms with Crippen LogP contribution in [-0.2, 0) is 6.42 Å². The maximum absolute atomic E-state index is 8.37. The SMILES string of the molecule is O[B]/C=C/CCCc1ccccc1. The molecule has 0 aromatic heterocycles. The van der Waals surface area contributed by atoms with Crippen molar-refractivity contribution >= 4 is 7.48 Å². The van der Waals surface area contributed by atoms with Gasteiger partial charge in [-0.2, -0.15) is 0 Å². The molecule has 1 radical (unpaired) electrons. The largest absolute Gasteiger partial charge is 0.450 e. The minimum absolute atomic E-state index is 1.02. The molecular weight excluding hydrogens is 159 g/mol. The molecule has 67 valence electrons. The highest BCUT2D eigenvalue weighted by molar-refractivity contribution is 6.32. The molecule has 13 heavy (non-hydrogen) atoms. The van der Waals surface area contributed by atoms with Gasteiger partial charge in [-0.3, -0.25) is 0 Å². The standard InChI is InChI=1S/C11H14BO/c13-12-10-6-2-5-9-11-7-3-1-4-8-11/h1,3-4,6-8,10,13H,2,5,9H2/b10-6+. The number of allylic oxidation sites excluding steroid dienone is 1. The molecule has 1 aromatic rings. The molecule has 0 bridgehead atoms. The summed E-state index contributed by atoms with van der Waals surface area (Å²) in [6, 6.07) is 10.4. The monoisotopic (exact) mass is 173 g/mol. The van der Waals surface area contributed by atoms with Crippen molar-refractivity contribution in [1.29, 1.82) is 0 Å². The maximum Gasteiger partial charge on any atom is 0.318 e. The Morgan fingerprint density at radius 1 is 1.23 bits per heavy atom. The van der Waals surface area contributed by atoms with Gasteiger partial charge in [-0.25, -0.2) is 0 Å². The van der Waals surface area contributed by atoms with E-state index < -0.39 is 0 Å². The van der Waals surface area contributed by atoms with Crippen LogP contribution < -0.4 is 0 Å². The second kappa shape index (κ2) is 6.50. The Labute approximate surface area is 80.4 Å². The van der Waals surface area contributed by atoms with Crippen LogP contribution in [0.15, 0.2) is 42.4 Å². The molecule has 0 fully saturated rings. The summed E-state index contributed by atoms with van der Waals surface area (Å²) in [4.78, 5) is 0. The summed E-state index contributed by atoms with van der Waals surface area (Å²) in [5.41, 5.74) is 1.38. The van der Waals surface area contributed by atoms with Gasteiger partial charge in [0.2, 0.25) is 0 Å². The van der Waals surface area contributed by atoms with Gasteiger partial charge in [0.15, 0.2) is 0 Å². The van der Waals surface area contributed by atoms with E-state index in [-0.39, 0.29) is 0 Å². The smallest absolute Gasteiger partial charge is 0.318 e. The van der Waals surface area contributed by atoms with E-state index in [2.05, 4.69) is 24.3 Å². The Morgan fingerprint density at radius 3 is 2.69 bits per heavy atom. The molecule has 0 saturated carbocycles. The fourth-order valence-electron chi connectivity index (χ4n) is 1.23. The maximum atomic E-state index is 8.37. The summed E-state index contributed by atoms with van der Waals surface area (Å²) >= 11 is 0.